The van der Waals surface area contributed by atoms with Gasteiger partial charge in [-0.1, -0.05) is 24.3 Å². The molecule has 1 atom stereocenters. The number of rotatable bonds is 5. The van der Waals surface area contributed by atoms with Gasteiger partial charge >= 0.3 is 0 Å². The molecule has 32 heavy (non-hydrogen) atoms. The molecule has 0 aliphatic carbocycles. The van der Waals surface area contributed by atoms with Crippen molar-refractivity contribution in [1.29, 1.82) is 0 Å². The summed E-state index contributed by atoms with van der Waals surface area (Å²) < 4.78 is 5.23. The predicted molar refractivity (Wildman–Crippen MR) is 125 cm³/mol. The Labute approximate surface area is 186 Å². The van der Waals surface area contributed by atoms with Crippen LogP contribution in [-0.2, 0) is 0 Å². The zero-order valence-electron chi connectivity index (χ0n) is 17.9. The monoisotopic (exact) mass is 427 g/mol. The maximum absolute atomic E-state index is 13.0. The molecule has 2 aromatic heterocycles. The molecule has 7 nitrogen and oxygen atoms in total. The van der Waals surface area contributed by atoms with Gasteiger partial charge in [0.15, 0.2) is 5.82 Å². The van der Waals surface area contributed by atoms with Crippen LogP contribution in [0.2, 0.25) is 0 Å². The molecule has 2 aromatic carbocycles. The van der Waals surface area contributed by atoms with Crippen LogP contribution >= 0.6 is 0 Å². The summed E-state index contributed by atoms with van der Waals surface area (Å²) in [6, 6.07) is 19.7. The second-order valence-corrected chi connectivity index (χ2v) is 8.01. The Morgan fingerprint density at radius 2 is 2.00 bits per heavy atom. The molecular formula is C25H25N5O2. The van der Waals surface area contributed by atoms with Crippen molar-refractivity contribution in [2.45, 2.75) is 18.9 Å². The number of nitrogens with one attached hydrogen (secondary N) is 2. The van der Waals surface area contributed by atoms with E-state index in [4.69, 9.17) is 4.74 Å². The Balaban J connectivity index is 1.28. The largest absolute Gasteiger partial charge is 0.497 e. The van der Waals surface area contributed by atoms with Crippen LogP contribution in [0.4, 0.5) is 5.82 Å². The van der Waals surface area contributed by atoms with Gasteiger partial charge in [0.1, 0.15) is 11.4 Å². The van der Waals surface area contributed by atoms with Gasteiger partial charge in [-0.05, 0) is 54.1 Å². The highest BCUT2D eigenvalue weighted by Gasteiger charge is 2.24. The molecule has 0 unspecified atom stereocenters. The highest BCUT2D eigenvalue weighted by Crippen LogP contribution is 2.26. The van der Waals surface area contributed by atoms with E-state index in [0.29, 0.717) is 12.2 Å². The molecule has 3 heterocycles. The molecule has 0 bridgehead atoms. The summed E-state index contributed by atoms with van der Waals surface area (Å²) in [5, 5.41) is 12.7. The number of amides is 1. The molecule has 1 aliphatic heterocycles. The first-order valence-corrected chi connectivity index (χ1v) is 10.8. The van der Waals surface area contributed by atoms with Gasteiger partial charge in [-0.15, -0.1) is 0 Å². The lowest BCUT2D eigenvalue weighted by Crippen LogP contribution is -2.48. The van der Waals surface area contributed by atoms with E-state index < -0.39 is 0 Å². The van der Waals surface area contributed by atoms with Gasteiger partial charge in [0.2, 0.25) is 0 Å². The van der Waals surface area contributed by atoms with Crippen molar-refractivity contribution in [3.8, 4) is 17.0 Å². The minimum atomic E-state index is -0.130. The number of ether oxygens (including phenoxy) is 1. The van der Waals surface area contributed by atoms with Crippen LogP contribution in [0.5, 0.6) is 5.75 Å². The van der Waals surface area contributed by atoms with Gasteiger partial charge in [-0.25, -0.2) is 0 Å². The summed E-state index contributed by atoms with van der Waals surface area (Å²) in [6.07, 6.45) is 3.61. The molecule has 0 radical (unpaired) electrons. The van der Waals surface area contributed by atoms with Gasteiger partial charge in [0.05, 0.1) is 12.8 Å². The van der Waals surface area contributed by atoms with Gasteiger partial charge in [0.25, 0.3) is 5.91 Å². The number of H-pyrrole nitrogens is 1. The number of anilines is 1. The Morgan fingerprint density at radius 3 is 2.84 bits per heavy atom. The minimum Gasteiger partial charge on any atom is -0.497 e. The highest BCUT2D eigenvalue weighted by atomic mass is 16.5. The molecule has 0 spiro atoms. The Kier molecular flexibility index (Phi) is 5.46. The lowest BCUT2D eigenvalue weighted by molar-refractivity contribution is 0.0930. The van der Waals surface area contributed by atoms with Gasteiger partial charge < -0.3 is 15.0 Å². The smallest absolute Gasteiger partial charge is 0.270 e. The van der Waals surface area contributed by atoms with E-state index >= 15 is 0 Å². The number of aromatic nitrogens is 3. The third-order valence-electron chi connectivity index (χ3n) is 5.93. The number of hydrogen-bond donors (Lipinski definition) is 2. The number of piperidine rings is 1. The van der Waals surface area contributed by atoms with E-state index in [1.807, 2.05) is 54.6 Å². The number of methoxy groups -OCH3 is 1. The molecule has 0 saturated carbocycles. The fourth-order valence-electron chi connectivity index (χ4n) is 4.25. The van der Waals surface area contributed by atoms with E-state index in [-0.39, 0.29) is 11.9 Å². The SMILES string of the molecule is COc1ccc(-c2cc(N3CCC[C@@H](NC(=O)c4nccc5ccccc45)C3)n[nH]2)cc1. The van der Waals surface area contributed by atoms with E-state index in [9.17, 15) is 4.79 Å². The molecule has 7 heteroatoms. The van der Waals surface area contributed by atoms with Crippen LogP contribution in [0, 0.1) is 0 Å². The number of carbonyl (C=O) groups excluding carboxylic acids is 1. The zero-order chi connectivity index (χ0) is 21.9. The van der Waals surface area contributed by atoms with Gasteiger partial charge in [-0.2, -0.15) is 5.10 Å². The molecular weight excluding hydrogens is 402 g/mol. The molecule has 2 N–H and O–H groups in total. The Hall–Kier alpha value is -3.87. The number of fused-ring (bicyclic) bond motifs is 1. The summed E-state index contributed by atoms with van der Waals surface area (Å²) in [6.45, 7) is 1.62. The number of benzene rings is 2. The van der Waals surface area contributed by atoms with E-state index in [1.54, 1.807) is 13.3 Å². The van der Waals surface area contributed by atoms with E-state index in [1.165, 1.54) is 0 Å². The van der Waals surface area contributed by atoms with Crippen molar-refractivity contribution in [2.75, 3.05) is 25.1 Å². The number of hydrogen-bond acceptors (Lipinski definition) is 5. The summed E-state index contributed by atoms with van der Waals surface area (Å²) in [5.41, 5.74) is 2.48. The van der Waals surface area contributed by atoms with Crippen LogP contribution in [-0.4, -0.2) is 47.3 Å². The molecule has 1 amide bonds. The average molecular weight is 428 g/mol. The standard InChI is InChI=1S/C25H25N5O2/c1-32-20-10-8-18(9-11-20)22-15-23(29-28-22)30-14-4-6-19(16-30)27-25(31)24-21-7-3-2-5-17(21)12-13-26-24/h2-3,5,7-13,15,19H,4,6,14,16H2,1H3,(H,27,31)(H,28,29)/t19-/m1/s1. The van der Waals surface area contributed by atoms with Crippen molar-refractivity contribution < 1.29 is 9.53 Å². The first kappa shape index (κ1) is 20.1. The topological polar surface area (TPSA) is 83.1 Å². The van der Waals surface area contributed by atoms with E-state index in [2.05, 4.69) is 31.5 Å². The van der Waals surface area contributed by atoms with Crippen molar-refractivity contribution in [3.63, 3.8) is 0 Å². The van der Waals surface area contributed by atoms with Gasteiger partial charge in [-0.3, -0.25) is 14.9 Å². The number of aromatic amines is 1. The fraction of sp³-hybridized carbons (Fsp3) is 0.240. The van der Waals surface area contributed by atoms with Crippen LogP contribution in [0.15, 0.2) is 66.9 Å². The second kappa shape index (κ2) is 8.70. The first-order chi connectivity index (χ1) is 15.7. The maximum Gasteiger partial charge on any atom is 0.270 e. The van der Waals surface area contributed by atoms with Crippen molar-refractivity contribution >= 4 is 22.5 Å². The quantitative estimate of drug-likeness (QED) is 0.502. The first-order valence-electron chi connectivity index (χ1n) is 10.8. The molecule has 1 saturated heterocycles. The average Bonchev–Trinajstić information content (AvgIpc) is 3.34. The normalized spacial score (nSPS) is 16.2. The lowest BCUT2D eigenvalue weighted by Gasteiger charge is -2.33. The van der Waals surface area contributed by atoms with Crippen molar-refractivity contribution in [2.24, 2.45) is 0 Å². The Morgan fingerprint density at radius 1 is 1.16 bits per heavy atom. The molecule has 5 rings (SSSR count). The molecule has 162 valence electrons. The number of nitrogens with zero attached hydrogens (tertiary/aromatic N) is 3. The van der Waals surface area contributed by atoms with E-state index in [0.717, 1.165) is 53.0 Å². The third kappa shape index (κ3) is 4.01. The second-order valence-electron chi connectivity index (χ2n) is 8.01. The fourth-order valence-corrected chi connectivity index (χ4v) is 4.25. The minimum absolute atomic E-state index is 0.0400. The lowest BCUT2D eigenvalue weighted by atomic mass is 10.0. The van der Waals surface area contributed by atoms with Gasteiger partial charge in [0, 0.05) is 36.8 Å². The van der Waals surface area contributed by atoms with Crippen LogP contribution in [0.1, 0.15) is 23.3 Å². The summed E-state index contributed by atoms with van der Waals surface area (Å²) >= 11 is 0. The summed E-state index contributed by atoms with van der Waals surface area (Å²) in [4.78, 5) is 19.6. The van der Waals surface area contributed by atoms with Crippen LogP contribution in [0.25, 0.3) is 22.0 Å². The Bertz CT molecular complexity index is 1230. The summed E-state index contributed by atoms with van der Waals surface area (Å²) in [7, 11) is 1.66. The van der Waals surface area contributed by atoms with Crippen LogP contribution in [0.3, 0.4) is 0 Å². The number of carbonyl (C=O) groups is 1. The van der Waals surface area contributed by atoms with Crippen LogP contribution < -0.4 is 15.0 Å². The molecule has 1 aliphatic rings. The number of pyridine rings is 1. The molecule has 1 fully saturated rings. The van der Waals surface area contributed by atoms with Crippen molar-refractivity contribution in [1.82, 2.24) is 20.5 Å². The third-order valence-corrected chi connectivity index (χ3v) is 5.93. The maximum atomic E-state index is 13.0. The van der Waals surface area contributed by atoms with Crippen molar-refractivity contribution in [3.05, 3.63) is 72.6 Å². The highest BCUT2D eigenvalue weighted by molar-refractivity contribution is 6.05. The zero-order valence-corrected chi connectivity index (χ0v) is 17.9. The summed E-state index contributed by atoms with van der Waals surface area (Å²) in [5.74, 6) is 1.58. The molecule has 4 aromatic rings. The predicted octanol–water partition coefficient (Wildman–Crippen LogP) is 4.03.